The molecular formula is C18H15N3O2. The van der Waals surface area contributed by atoms with Gasteiger partial charge in [0.2, 0.25) is 5.88 Å². The summed E-state index contributed by atoms with van der Waals surface area (Å²) in [5, 5.41) is 5.08. The zero-order valence-electron chi connectivity index (χ0n) is 12.9. The van der Waals surface area contributed by atoms with E-state index in [1.54, 1.807) is 18.7 Å². The second-order valence-electron chi connectivity index (χ2n) is 5.37. The number of benzene rings is 1. The van der Waals surface area contributed by atoms with Gasteiger partial charge in [-0.3, -0.25) is 4.68 Å². The van der Waals surface area contributed by atoms with Crippen LogP contribution in [0.2, 0.25) is 0 Å². The second kappa shape index (κ2) is 5.28. The molecule has 0 unspecified atom stereocenters. The van der Waals surface area contributed by atoms with Crippen molar-refractivity contribution in [3.8, 4) is 22.9 Å². The molecule has 0 N–H and O–H groups in total. The van der Waals surface area contributed by atoms with Gasteiger partial charge in [0.1, 0.15) is 11.3 Å². The smallest absolute Gasteiger partial charge is 0.230 e. The monoisotopic (exact) mass is 305 g/mol. The number of aromatic nitrogens is 3. The maximum Gasteiger partial charge on any atom is 0.230 e. The first-order valence-corrected chi connectivity index (χ1v) is 7.31. The Morgan fingerprint density at radius 2 is 2.00 bits per heavy atom. The van der Waals surface area contributed by atoms with E-state index in [0.29, 0.717) is 5.88 Å². The second-order valence-corrected chi connectivity index (χ2v) is 5.37. The third-order valence-corrected chi connectivity index (χ3v) is 3.85. The van der Waals surface area contributed by atoms with Crippen molar-refractivity contribution < 1.29 is 9.15 Å². The summed E-state index contributed by atoms with van der Waals surface area (Å²) in [5.41, 5.74) is 4.08. The average molecular weight is 305 g/mol. The minimum Gasteiger partial charge on any atom is -0.464 e. The molecule has 0 saturated heterocycles. The Bertz CT molecular complexity index is 985. The Hall–Kier alpha value is -3.08. The maximum atomic E-state index is 5.94. The van der Waals surface area contributed by atoms with Crippen molar-refractivity contribution in [2.45, 2.75) is 6.92 Å². The highest BCUT2D eigenvalue weighted by Gasteiger charge is 2.10. The van der Waals surface area contributed by atoms with Crippen LogP contribution in [0.1, 0.15) is 5.56 Å². The SMILES string of the molecule is Cc1cc(Oc2nccc3occc23)ccc1-c1ccnn1C. The fraction of sp³-hybridized carbons (Fsp3) is 0.111. The van der Waals surface area contributed by atoms with E-state index in [9.17, 15) is 0 Å². The molecule has 4 rings (SSSR count). The number of rotatable bonds is 3. The molecule has 5 heteroatoms. The topological polar surface area (TPSA) is 53.1 Å². The van der Waals surface area contributed by atoms with Crippen LogP contribution in [0.3, 0.4) is 0 Å². The Labute approximate surface area is 133 Å². The van der Waals surface area contributed by atoms with Crippen LogP contribution >= 0.6 is 0 Å². The molecule has 23 heavy (non-hydrogen) atoms. The van der Waals surface area contributed by atoms with E-state index in [1.165, 1.54) is 0 Å². The van der Waals surface area contributed by atoms with Crippen molar-refractivity contribution in [2.24, 2.45) is 7.05 Å². The van der Waals surface area contributed by atoms with Crippen molar-refractivity contribution in [1.29, 1.82) is 0 Å². The highest BCUT2D eigenvalue weighted by Crippen LogP contribution is 2.31. The number of fused-ring (bicyclic) bond motifs is 1. The fourth-order valence-electron chi connectivity index (χ4n) is 2.69. The lowest BCUT2D eigenvalue weighted by Gasteiger charge is -2.10. The number of furan rings is 1. The van der Waals surface area contributed by atoms with Gasteiger partial charge in [0, 0.05) is 25.0 Å². The van der Waals surface area contributed by atoms with Gasteiger partial charge in [-0.25, -0.2) is 4.98 Å². The minimum atomic E-state index is 0.545. The first kappa shape index (κ1) is 13.6. The van der Waals surface area contributed by atoms with Gasteiger partial charge in [-0.2, -0.15) is 5.10 Å². The van der Waals surface area contributed by atoms with E-state index in [-0.39, 0.29) is 0 Å². The van der Waals surface area contributed by atoms with E-state index < -0.39 is 0 Å². The zero-order chi connectivity index (χ0) is 15.8. The molecule has 0 aliphatic rings. The van der Waals surface area contributed by atoms with Crippen LogP contribution in [-0.4, -0.2) is 14.8 Å². The maximum absolute atomic E-state index is 5.94. The summed E-state index contributed by atoms with van der Waals surface area (Å²) < 4.78 is 13.2. The standard InChI is InChI=1S/C18H15N3O2/c1-12-11-13(3-4-14(12)16-5-9-20-21(16)2)23-18-15-7-10-22-17(15)6-8-19-18/h3-11H,1-2H3. The summed E-state index contributed by atoms with van der Waals surface area (Å²) >= 11 is 0. The summed E-state index contributed by atoms with van der Waals surface area (Å²) in [6.07, 6.45) is 5.11. The largest absolute Gasteiger partial charge is 0.464 e. The van der Waals surface area contributed by atoms with Crippen molar-refractivity contribution in [2.75, 3.05) is 0 Å². The molecule has 3 aromatic heterocycles. The third-order valence-electron chi connectivity index (χ3n) is 3.85. The van der Waals surface area contributed by atoms with Crippen molar-refractivity contribution in [1.82, 2.24) is 14.8 Å². The van der Waals surface area contributed by atoms with Crippen molar-refractivity contribution in [3.63, 3.8) is 0 Å². The molecule has 0 bridgehead atoms. The van der Waals surface area contributed by atoms with E-state index in [4.69, 9.17) is 9.15 Å². The minimum absolute atomic E-state index is 0.545. The predicted molar refractivity (Wildman–Crippen MR) is 87.5 cm³/mol. The van der Waals surface area contributed by atoms with Crippen molar-refractivity contribution in [3.05, 3.63) is 60.6 Å². The molecule has 1 aromatic carbocycles. The van der Waals surface area contributed by atoms with Gasteiger partial charge in [0.05, 0.1) is 17.3 Å². The fourth-order valence-corrected chi connectivity index (χ4v) is 2.69. The molecule has 114 valence electrons. The molecule has 0 aliphatic heterocycles. The molecule has 0 aliphatic carbocycles. The zero-order valence-corrected chi connectivity index (χ0v) is 12.9. The van der Waals surface area contributed by atoms with Gasteiger partial charge in [0.15, 0.2) is 0 Å². The molecule has 0 radical (unpaired) electrons. The molecular weight excluding hydrogens is 290 g/mol. The van der Waals surface area contributed by atoms with Crippen molar-refractivity contribution >= 4 is 11.0 Å². The molecule has 0 fully saturated rings. The van der Waals surface area contributed by atoms with Crippen LogP contribution in [0.5, 0.6) is 11.6 Å². The summed E-state index contributed by atoms with van der Waals surface area (Å²) in [5.74, 6) is 1.29. The van der Waals surface area contributed by atoms with Crippen LogP contribution in [0.25, 0.3) is 22.2 Å². The Morgan fingerprint density at radius 1 is 1.09 bits per heavy atom. The number of ether oxygens (including phenoxy) is 1. The van der Waals surface area contributed by atoms with Crippen LogP contribution < -0.4 is 4.74 Å². The lowest BCUT2D eigenvalue weighted by Crippen LogP contribution is -1.95. The number of nitrogens with zero attached hydrogens (tertiary/aromatic N) is 3. The normalized spacial score (nSPS) is 11.0. The van der Waals surface area contributed by atoms with E-state index in [0.717, 1.165) is 33.5 Å². The summed E-state index contributed by atoms with van der Waals surface area (Å²) in [4.78, 5) is 4.29. The first-order chi connectivity index (χ1) is 11.2. The lowest BCUT2D eigenvalue weighted by molar-refractivity contribution is 0.468. The molecule has 0 spiro atoms. The van der Waals surface area contributed by atoms with Crippen LogP contribution in [0, 0.1) is 6.92 Å². The highest BCUT2D eigenvalue weighted by atomic mass is 16.5. The van der Waals surface area contributed by atoms with Gasteiger partial charge in [-0.05, 0) is 48.9 Å². The van der Waals surface area contributed by atoms with E-state index >= 15 is 0 Å². The molecule has 0 saturated carbocycles. The van der Waals surface area contributed by atoms with Gasteiger partial charge in [-0.15, -0.1) is 0 Å². The Balaban J connectivity index is 1.70. The highest BCUT2D eigenvalue weighted by molar-refractivity contribution is 5.82. The molecule has 0 atom stereocenters. The molecule has 3 heterocycles. The summed E-state index contributed by atoms with van der Waals surface area (Å²) in [7, 11) is 1.93. The number of aryl methyl sites for hydroxylation is 2. The van der Waals surface area contributed by atoms with Gasteiger partial charge in [-0.1, -0.05) is 0 Å². The Kier molecular flexibility index (Phi) is 3.12. The predicted octanol–water partition coefficient (Wildman–Crippen LogP) is 4.33. The quantitative estimate of drug-likeness (QED) is 0.565. The van der Waals surface area contributed by atoms with Crippen LogP contribution in [0.15, 0.2) is 59.5 Å². The third kappa shape index (κ3) is 2.36. The molecule has 5 nitrogen and oxygen atoms in total. The van der Waals surface area contributed by atoms with E-state index in [1.807, 2.05) is 48.1 Å². The van der Waals surface area contributed by atoms with Gasteiger partial charge in [0.25, 0.3) is 0 Å². The van der Waals surface area contributed by atoms with E-state index in [2.05, 4.69) is 17.0 Å². The summed E-state index contributed by atoms with van der Waals surface area (Å²) in [6.45, 7) is 2.06. The molecule has 0 amide bonds. The summed E-state index contributed by atoms with van der Waals surface area (Å²) in [6, 6.07) is 11.7. The average Bonchev–Trinajstić information content (AvgIpc) is 3.17. The van der Waals surface area contributed by atoms with Crippen LogP contribution in [-0.2, 0) is 7.05 Å². The van der Waals surface area contributed by atoms with Gasteiger partial charge >= 0.3 is 0 Å². The lowest BCUT2D eigenvalue weighted by atomic mass is 10.1. The number of hydrogen-bond donors (Lipinski definition) is 0. The molecule has 4 aromatic rings. The number of pyridine rings is 1. The first-order valence-electron chi connectivity index (χ1n) is 7.31. The Morgan fingerprint density at radius 3 is 2.78 bits per heavy atom. The van der Waals surface area contributed by atoms with Crippen LogP contribution in [0.4, 0.5) is 0 Å². The number of hydrogen-bond acceptors (Lipinski definition) is 4. The van der Waals surface area contributed by atoms with Gasteiger partial charge < -0.3 is 9.15 Å².